The molecule has 0 N–H and O–H groups in total. The molecule has 0 aliphatic carbocycles. The Bertz CT molecular complexity index is 1030. The van der Waals surface area contributed by atoms with Gasteiger partial charge in [-0.15, -0.1) is 34.5 Å². The van der Waals surface area contributed by atoms with E-state index >= 15 is 0 Å². The van der Waals surface area contributed by atoms with E-state index < -0.39 is 0 Å². The van der Waals surface area contributed by atoms with Crippen LogP contribution >= 0.6 is 0 Å². The quantitative estimate of drug-likeness (QED) is 0.221. The fourth-order valence-corrected chi connectivity index (χ4v) is 4.08. The standard InChI is InChI=1S/C16H13.C11H17.2HI.Zr/c1-12-10-14-8-5-9-15(16(14)11-12)13-6-3-2-4-7-13;1-6-11-9(4)7(2)8(3)10(11)5;;;/h2-11H,1H3;6H2,1-5H3;2*1H;/q2*-1;;;+4/p-2. The zero-order valence-electron chi connectivity index (χ0n) is 18.7. The number of halogens is 2. The molecular formula is C27H30I2Zr. The summed E-state index contributed by atoms with van der Waals surface area (Å²) in [6, 6.07) is 21.6. The Kier molecular flexibility index (Phi) is 13.2. The minimum absolute atomic E-state index is 0. The molecule has 3 heteroatoms. The van der Waals surface area contributed by atoms with Crippen LogP contribution < -0.4 is 48.0 Å². The maximum absolute atomic E-state index is 2.26. The minimum atomic E-state index is 0. The Labute approximate surface area is 235 Å². The first kappa shape index (κ1) is 29.7. The molecule has 0 amide bonds. The first-order valence-corrected chi connectivity index (χ1v) is 9.87. The molecule has 0 heterocycles. The second-order valence-corrected chi connectivity index (χ2v) is 7.54. The van der Waals surface area contributed by atoms with Crippen molar-refractivity contribution in [2.75, 3.05) is 0 Å². The van der Waals surface area contributed by atoms with E-state index in [-0.39, 0.29) is 74.2 Å². The van der Waals surface area contributed by atoms with E-state index in [1.807, 2.05) is 0 Å². The molecule has 4 aromatic rings. The molecule has 156 valence electrons. The van der Waals surface area contributed by atoms with Crippen LogP contribution in [-0.2, 0) is 32.6 Å². The van der Waals surface area contributed by atoms with Crippen molar-refractivity contribution in [1.29, 1.82) is 0 Å². The van der Waals surface area contributed by atoms with Gasteiger partial charge in [0.25, 0.3) is 0 Å². The Morgan fingerprint density at radius 1 is 0.767 bits per heavy atom. The Morgan fingerprint density at radius 2 is 1.33 bits per heavy atom. The molecule has 4 rings (SSSR count). The minimum Gasteiger partial charge on any atom is -1.00 e. The topological polar surface area (TPSA) is 0 Å². The molecule has 0 saturated heterocycles. The third-order valence-electron chi connectivity index (χ3n) is 5.93. The van der Waals surface area contributed by atoms with Gasteiger partial charge in [0, 0.05) is 0 Å². The maximum atomic E-state index is 2.26. The van der Waals surface area contributed by atoms with Gasteiger partial charge in [-0.05, 0) is 5.56 Å². The number of hydrogen-bond acceptors (Lipinski definition) is 0. The summed E-state index contributed by atoms with van der Waals surface area (Å²) in [6.07, 6.45) is 1.17. The molecular weight excluding hydrogens is 669 g/mol. The molecule has 0 saturated carbocycles. The van der Waals surface area contributed by atoms with Gasteiger partial charge in [-0.3, -0.25) is 0 Å². The third kappa shape index (κ3) is 6.39. The van der Waals surface area contributed by atoms with Crippen LogP contribution in [0.4, 0.5) is 0 Å². The van der Waals surface area contributed by atoms with E-state index in [1.54, 1.807) is 5.56 Å². The van der Waals surface area contributed by atoms with Gasteiger partial charge in [0.2, 0.25) is 0 Å². The number of hydrogen-bond donors (Lipinski definition) is 0. The summed E-state index contributed by atoms with van der Waals surface area (Å²) in [5.41, 5.74) is 11.5. The molecule has 30 heavy (non-hydrogen) atoms. The summed E-state index contributed by atoms with van der Waals surface area (Å²) in [7, 11) is 0. The summed E-state index contributed by atoms with van der Waals surface area (Å²) < 4.78 is 0. The molecule has 0 radical (unpaired) electrons. The molecule has 0 unspecified atom stereocenters. The van der Waals surface area contributed by atoms with Crippen LogP contribution in [0.3, 0.4) is 0 Å². The SMILES string of the molecule is CC[c-]1c(C)c(C)c(C)c1C.Cc1cc2c(-c3ccccc3)cccc2[cH-]1.[I-].[I-].[Zr+4]. The summed E-state index contributed by atoms with van der Waals surface area (Å²) in [4.78, 5) is 0. The van der Waals surface area contributed by atoms with Gasteiger partial charge in [-0.1, -0.05) is 89.9 Å². The normalized spacial score (nSPS) is 9.67. The number of fused-ring (bicyclic) bond motifs is 1. The van der Waals surface area contributed by atoms with Crippen LogP contribution in [0.15, 0.2) is 60.7 Å². The van der Waals surface area contributed by atoms with Crippen LogP contribution in [0, 0.1) is 34.6 Å². The van der Waals surface area contributed by atoms with E-state index in [9.17, 15) is 0 Å². The van der Waals surface area contributed by atoms with Gasteiger partial charge in [0.15, 0.2) is 0 Å². The van der Waals surface area contributed by atoms with Gasteiger partial charge < -0.3 is 48.0 Å². The van der Waals surface area contributed by atoms with Crippen molar-refractivity contribution in [2.24, 2.45) is 0 Å². The average molecular weight is 700 g/mol. The molecule has 0 bridgehead atoms. The molecule has 0 fully saturated rings. The van der Waals surface area contributed by atoms with Crippen LogP contribution in [0.5, 0.6) is 0 Å². The van der Waals surface area contributed by atoms with Crippen LogP contribution in [-0.4, -0.2) is 0 Å². The predicted octanol–water partition coefficient (Wildman–Crippen LogP) is 1.74. The molecule has 0 atom stereocenters. The molecule has 0 aromatic heterocycles. The van der Waals surface area contributed by atoms with Gasteiger partial charge in [0.1, 0.15) is 0 Å². The molecule has 0 spiro atoms. The predicted molar refractivity (Wildman–Crippen MR) is 120 cm³/mol. The Balaban J connectivity index is 0.000000541. The van der Waals surface area contributed by atoms with Crippen molar-refractivity contribution in [1.82, 2.24) is 0 Å². The maximum Gasteiger partial charge on any atom is 4.00 e. The fourth-order valence-electron chi connectivity index (χ4n) is 4.08. The first-order valence-electron chi connectivity index (χ1n) is 9.87. The fraction of sp³-hybridized carbons (Fsp3) is 0.259. The number of rotatable bonds is 2. The van der Waals surface area contributed by atoms with Crippen LogP contribution in [0.25, 0.3) is 21.9 Å². The van der Waals surface area contributed by atoms with Crippen molar-refractivity contribution >= 4 is 10.8 Å². The van der Waals surface area contributed by atoms with Crippen LogP contribution in [0.2, 0.25) is 0 Å². The van der Waals surface area contributed by atoms with E-state index in [1.165, 1.54) is 56.1 Å². The van der Waals surface area contributed by atoms with Gasteiger partial charge in [-0.2, -0.15) is 33.9 Å². The average Bonchev–Trinajstić information content (AvgIpc) is 3.15. The van der Waals surface area contributed by atoms with Crippen molar-refractivity contribution in [3.8, 4) is 11.1 Å². The van der Waals surface area contributed by atoms with E-state index in [0.29, 0.717) is 0 Å². The van der Waals surface area contributed by atoms with Crippen LogP contribution in [0.1, 0.15) is 40.3 Å². The summed E-state index contributed by atoms with van der Waals surface area (Å²) in [5.74, 6) is 0. The summed E-state index contributed by atoms with van der Waals surface area (Å²) >= 11 is 0. The van der Waals surface area contributed by atoms with E-state index in [0.717, 1.165) is 0 Å². The van der Waals surface area contributed by atoms with Gasteiger partial charge in [-0.25, -0.2) is 0 Å². The van der Waals surface area contributed by atoms with Gasteiger partial charge in [0.05, 0.1) is 0 Å². The molecule has 0 nitrogen and oxygen atoms in total. The Hall–Kier alpha value is -0.257. The smallest absolute Gasteiger partial charge is 1.00 e. The largest absolute Gasteiger partial charge is 4.00 e. The van der Waals surface area contributed by atoms with Gasteiger partial charge >= 0.3 is 26.2 Å². The summed E-state index contributed by atoms with van der Waals surface area (Å²) in [5, 5.41) is 2.69. The van der Waals surface area contributed by atoms with Crippen molar-refractivity contribution in [2.45, 2.75) is 48.0 Å². The first-order chi connectivity index (χ1) is 12.9. The molecule has 0 aliphatic rings. The van der Waals surface area contributed by atoms with Crippen molar-refractivity contribution in [3.63, 3.8) is 0 Å². The zero-order chi connectivity index (χ0) is 19.6. The Morgan fingerprint density at radius 3 is 1.83 bits per heavy atom. The van der Waals surface area contributed by atoms with E-state index in [2.05, 4.69) is 102 Å². The number of aryl methyl sites for hydroxylation is 1. The number of benzene rings is 2. The van der Waals surface area contributed by atoms with Crippen molar-refractivity contribution in [3.05, 3.63) is 94.0 Å². The monoisotopic (exact) mass is 698 g/mol. The zero-order valence-corrected chi connectivity index (χ0v) is 25.5. The summed E-state index contributed by atoms with van der Waals surface area (Å²) in [6.45, 7) is 13.3. The van der Waals surface area contributed by atoms with Crippen molar-refractivity contribution < 1.29 is 74.2 Å². The van der Waals surface area contributed by atoms with E-state index in [4.69, 9.17) is 0 Å². The molecule has 4 aromatic carbocycles. The third-order valence-corrected chi connectivity index (χ3v) is 5.93. The second-order valence-electron chi connectivity index (χ2n) is 7.54. The second kappa shape index (κ2) is 13.3. The molecule has 0 aliphatic heterocycles.